The van der Waals surface area contributed by atoms with E-state index >= 15 is 0 Å². The summed E-state index contributed by atoms with van der Waals surface area (Å²) >= 11 is 0. The topological polar surface area (TPSA) is 46.5 Å². The van der Waals surface area contributed by atoms with Crippen molar-refractivity contribution in [3.63, 3.8) is 0 Å². The van der Waals surface area contributed by atoms with E-state index in [0.29, 0.717) is 6.42 Å². The van der Waals surface area contributed by atoms with Gasteiger partial charge in [-0.05, 0) is 18.9 Å². The van der Waals surface area contributed by atoms with Gasteiger partial charge in [0.25, 0.3) is 0 Å². The normalized spacial score (nSPS) is 22.3. The average Bonchev–Trinajstić information content (AvgIpc) is 2.80. The summed E-state index contributed by atoms with van der Waals surface area (Å²) in [6.45, 7) is 5.72. The first-order valence-corrected chi connectivity index (χ1v) is 6.43. The molecule has 0 bridgehead atoms. The van der Waals surface area contributed by atoms with Crippen molar-refractivity contribution in [1.82, 2.24) is 0 Å². The van der Waals surface area contributed by atoms with Crippen LogP contribution in [0.4, 0.5) is 0 Å². The molecule has 3 nitrogen and oxygen atoms in total. The van der Waals surface area contributed by atoms with Gasteiger partial charge in [0.2, 0.25) is 0 Å². The molecule has 1 aromatic rings. The van der Waals surface area contributed by atoms with Crippen LogP contribution in [0, 0.1) is 6.92 Å². The smallest absolute Gasteiger partial charge is 0.303 e. The maximum absolute atomic E-state index is 10.6. The lowest BCUT2D eigenvalue weighted by atomic mass is 10.0. The quantitative estimate of drug-likeness (QED) is 0.842. The van der Waals surface area contributed by atoms with Gasteiger partial charge in [-0.3, -0.25) is 4.79 Å². The van der Waals surface area contributed by atoms with Crippen molar-refractivity contribution in [2.45, 2.75) is 38.4 Å². The first-order chi connectivity index (χ1) is 9.10. The van der Waals surface area contributed by atoms with Crippen molar-refractivity contribution in [3.05, 3.63) is 53.3 Å². The fourth-order valence-corrected chi connectivity index (χ4v) is 2.32. The van der Waals surface area contributed by atoms with Crippen molar-refractivity contribution in [2.75, 3.05) is 0 Å². The van der Waals surface area contributed by atoms with Crippen LogP contribution in [-0.2, 0) is 9.53 Å². The van der Waals surface area contributed by atoms with Crippen molar-refractivity contribution in [3.8, 4) is 0 Å². The van der Waals surface area contributed by atoms with Gasteiger partial charge in [-0.15, -0.1) is 5.73 Å². The summed E-state index contributed by atoms with van der Waals surface area (Å²) in [5.41, 5.74) is 6.21. The molecule has 1 N–H and O–H groups in total. The van der Waals surface area contributed by atoms with Gasteiger partial charge < -0.3 is 9.84 Å². The minimum Gasteiger partial charge on any atom is -0.481 e. The summed E-state index contributed by atoms with van der Waals surface area (Å²) in [5, 5.41) is 8.75. The SMILES string of the molecule is C=C=C1CC(c2ccc(C)cc2)OC1CCC(=O)O. The molecule has 3 heteroatoms. The molecule has 0 aliphatic carbocycles. The molecule has 1 heterocycles. The third-order valence-corrected chi connectivity index (χ3v) is 3.42. The average molecular weight is 258 g/mol. The number of ether oxygens (including phenoxy) is 1. The molecule has 2 atom stereocenters. The Morgan fingerprint density at radius 1 is 1.47 bits per heavy atom. The number of carboxylic acids is 1. The lowest BCUT2D eigenvalue weighted by molar-refractivity contribution is -0.137. The number of aryl methyl sites for hydroxylation is 1. The molecular formula is C16H18O3. The predicted molar refractivity (Wildman–Crippen MR) is 72.9 cm³/mol. The van der Waals surface area contributed by atoms with Crippen LogP contribution in [0.3, 0.4) is 0 Å². The highest BCUT2D eigenvalue weighted by molar-refractivity contribution is 5.66. The van der Waals surface area contributed by atoms with Crippen molar-refractivity contribution in [2.24, 2.45) is 0 Å². The Morgan fingerprint density at radius 3 is 2.74 bits per heavy atom. The van der Waals surface area contributed by atoms with E-state index < -0.39 is 5.97 Å². The number of hydrogen-bond donors (Lipinski definition) is 1. The van der Waals surface area contributed by atoms with Crippen molar-refractivity contribution < 1.29 is 14.6 Å². The highest BCUT2D eigenvalue weighted by Crippen LogP contribution is 2.37. The minimum atomic E-state index is -0.800. The fraction of sp³-hybridized carbons (Fsp3) is 0.375. The molecule has 1 aliphatic rings. The number of carboxylic acid groups (broad SMARTS) is 1. The molecule has 100 valence electrons. The minimum absolute atomic E-state index is 0.0105. The van der Waals surface area contributed by atoms with Crippen LogP contribution in [-0.4, -0.2) is 17.2 Å². The van der Waals surface area contributed by atoms with Crippen molar-refractivity contribution >= 4 is 5.97 Å². The molecule has 0 aromatic heterocycles. The maximum atomic E-state index is 10.6. The van der Waals surface area contributed by atoms with Crippen LogP contribution in [0.5, 0.6) is 0 Å². The Morgan fingerprint density at radius 2 is 2.16 bits per heavy atom. The highest BCUT2D eigenvalue weighted by atomic mass is 16.5. The van der Waals surface area contributed by atoms with E-state index in [0.717, 1.165) is 17.6 Å². The number of benzene rings is 1. The second kappa shape index (κ2) is 5.87. The molecule has 0 saturated carbocycles. The summed E-state index contributed by atoms with van der Waals surface area (Å²) in [4.78, 5) is 10.6. The molecule has 1 aromatic carbocycles. The third kappa shape index (κ3) is 3.34. The van der Waals surface area contributed by atoms with Crippen LogP contribution in [0.25, 0.3) is 0 Å². The van der Waals surface area contributed by atoms with E-state index in [-0.39, 0.29) is 18.6 Å². The van der Waals surface area contributed by atoms with Crippen LogP contribution < -0.4 is 0 Å². The second-order valence-corrected chi connectivity index (χ2v) is 4.86. The lowest BCUT2D eigenvalue weighted by Gasteiger charge is -2.13. The van der Waals surface area contributed by atoms with Gasteiger partial charge >= 0.3 is 5.97 Å². The molecule has 2 rings (SSSR count). The lowest BCUT2D eigenvalue weighted by Crippen LogP contribution is -2.10. The van der Waals surface area contributed by atoms with Crippen LogP contribution in [0.2, 0.25) is 0 Å². The summed E-state index contributed by atoms with van der Waals surface area (Å²) in [7, 11) is 0. The Balaban J connectivity index is 2.08. The molecule has 1 saturated heterocycles. The van der Waals surface area contributed by atoms with E-state index in [2.05, 4.69) is 36.6 Å². The largest absolute Gasteiger partial charge is 0.481 e. The Kier molecular flexibility index (Phi) is 4.20. The first kappa shape index (κ1) is 13.6. The van der Waals surface area contributed by atoms with E-state index in [9.17, 15) is 4.79 Å². The number of rotatable bonds is 4. The molecule has 1 fully saturated rings. The molecular weight excluding hydrogens is 240 g/mol. The molecule has 1 aliphatic heterocycles. The standard InChI is InChI=1S/C16H18O3/c1-3-12-10-15(13-6-4-11(2)5-7-13)19-14(12)8-9-16(17)18/h4-7,14-15H,1,8-10H2,2H3,(H,17,18). The van der Waals surface area contributed by atoms with Gasteiger partial charge in [0.1, 0.15) is 0 Å². The Hall–Kier alpha value is -1.83. The fourth-order valence-electron chi connectivity index (χ4n) is 2.32. The Labute approximate surface area is 113 Å². The first-order valence-electron chi connectivity index (χ1n) is 6.43. The van der Waals surface area contributed by atoms with Crippen LogP contribution in [0.15, 0.2) is 42.1 Å². The van der Waals surface area contributed by atoms with Gasteiger partial charge in [0.15, 0.2) is 0 Å². The van der Waals surface area contributed by atoms with Gasteiger partial charge in [0.05, 0.1) is 12.2 Å². The molecule has 0 amide bonds. The molecule has 19 heavy (non-hydrogen) atoms. The van der Waals surface area contributed by atoms with Gasteiger partial charge in [-0.25, -0.2) is 0 Å². The predicted octanol–water partition coefficient (Wildman–Crippen LogP) is 3.40. The highest BCUT2D eigenvalue weighted by Gasteiger charge is 2.31. The van der Waals surface area contributed by atoms with Gasteiger partial charge in [-0.1, -0.05) is 36.4 Å². The zero-order chi connectivity index (χ0) is 13.8. The van der Waals surface area contributed by atoms with E-state index in [1.165, 1.54) is 5.56 Å². The van der Waals surface area contributed by atoms with E-state index in [1.54, 1.807) is 0 Å². The van der Waals surface area contributed by atoms with Crippen molar-refractivity contribution in [1.29, 1.82) is 0 Å². The van der Waals surface area contributed by atoms with Crippen LogP contribution in [0.1, 0.15) is 36.5 Å². The number of carbonyl (C=O) groups is 1. The number of aliphatic carboxylic acids is 1. The monoisotopic (exact) mass is 258 g/mol. The molecule has 0 radical (unpaired) electrons. The van der Waals surface area contributed by atoms with Gasteiger partial charge in [0, 0.05) is 18.4 Å². The molecule has 0 spiro atoms. The zero-order valence-electron chi connectivity index (χ0n) is 11.1. The second-order valence-electron chi connectivity index (χ2n) is 4.86. The van der Waals surface area contributed by atoms with E-state index in [1.807, 2.05) is 6.92 Å². The summed E-state index contributed by atoms with van der Waals surface area (Å²) in [5.74, 6) is -0.800. The summed E-state index contributed by atoms with van der Waals surface area (Å²) in [6, 6.07) is 8.22. The van der Waals surface area contributed by atoms with Gasteiger partial charge in [-0.2, -0.15) is 0 Å². The molecule has 2 unspecified atom stereocenters. The summed E-state index contributed by atoms with van der Waals surface area (Å²) in [6.07, 6.45) is 1.16. The van der Waals surface area contributed by atoms with Crippen LogP contribution >= 0.6 is 0 Å². The Bertz CT molecular complexity index is 509. The summed E-state index contributed by atoms with van der Waals surface area (Å²) < 4.78 is 5.94. The third-order valence-electron chi connectivity index (χ3n) is 3.42. The number of hydrogen-bond acceptors (Lipinski definition) is 2. The van der Waals surface area contributed by atoms with E-state index in [4.69, 9.17) is 9.84 Å². The maximum Gasteiger partial charge on any atom is 0.303 e. The zero-order valence-corrected chi connectivity index (χ0v) is 11.1.